The zero-order valence-corrected chi connectivity index (χ0v) is 17.5. The van der Waals surface area contributed by atoms with Crippen molar-refractivity contribution in [3.8, 4) is 0 Å². The summed E-state index contributed by atoms with van der Waals surface area (Å²) in [5, 5.41) is 0. The molecule has 1 amide bonds. The fourth-order valence-corrected chi connectivity index (χ4v) is 5.63. The van der Waals surface area contributed by atoms with Crippen LogP contribution < -0.4 is 0 Å². The minimum absolute atomic E-state index is 0.0606. The molecular formula is C23H25NO4S. The SMILES string of the molecule is CN1C[C@H](c2ccc3c(c2)CCC3)[C@@H](C(=O)Cc2ccccc2S(C)(=O)=O)C1=O. The molecule has 5 nitrogen and oxygen atoms in total. The largest absolute Gasteiger partial charge is 0.344 e. The average molecular weight is 412 g/mol. The molecule has 4 rings (SSSR count). The van der Waals surface area contributed by atoms with Crippen molar-refractivity contribution in [2.24, 2.45) is 5.92 Å². The summed E-state index contributed by atoms with van der Waals surface area (Å²) in [7, 11) is -1.72. The summed E-state index contributed by atoms with van der Waals surface area (Å²) in [4.78, 5) is 27.8. The van der Waals surface area contributed by atoms with Crippen LogP contribution in [0.25, 0.3) is 0 Å². The summed E-state index contributed by atoms with van der Waals surface area (Å²) in [6, 6.07) is 12.9. The Morgan fingerprint density at radius 1 is 1.10 bits per heavy atom. The van der Waals surface area contributed by atoms with Crippen molar-refractivity contribution in [1.29, 1.82) is 0 Å². The number of aryl methyl sites for hydroxylation is 2. The Bertz CT molecular complexity index is 1090. The van der Waals surface area contributed by atoms with Crippen LogP contribution in [0.4, 0.5) is 0 Å². The van der Waals surface area contributed by atoms with E-state index in [1.807, 2.05) is 6.07 Å². The minimum atomic E-state index is -3.45. The molecule has 0 radical (unpaired) electrons. The highest BCUT2D eigenvalue weighted by atomic mass is 32.2. The second kappa shape index (κ2) is 7.41. The van der Waals surface area contributed by atoms with E-state index in [0.29, 0.717) is 12.1 Å². The Kier molecular flexibility index (Phi) is 5.07. The second-order valence-electron chi connectivity index (χ2n) is 8.21. The number of amides is 1. The van der Waals surface area contributed by atoms with Gasteiger partial charge in [-0.15, -0.1) is 0 Å². The van der Waals surface area contributed by atoms with E-state index in [0.717, 1.165) is 31.1 Å². The van der Waals surface area contributed by atoms with Crippen molar-refractivity contribution in [1.82, 2.24) is 4.90 Å². The molecule has 0 saturated carbocycles. The van der Waals surface area contributed by atoms with Gasteiger partial charge in [0.15, 0.2) is 9.84 Å². The molecule has 29 heavy (non-hydrogen) atoms. The van der Waals surface area contributed by atoms with Gasteiger partial charge in [-0.05, 0) is 47.6 Å². The molecule has 6 heteroatoms. The smallest absolute Gasteiger partial charge is 0.233 e. The Morgan fingerprint density at radius 2 is 1.83 bits per heavy atom. The van der Waals surface area contributed by atoms with Crippen molar-refractivity contribution in [2.45, 2.75) is 36.5 Å². The third kappa shape index (κ3) is 3.73. The molecule has 0 unspecified atom stereocenters. The predicted molar refractivity (Wildman–Crippen MR) is 111 cm³/mol. The molecule has 1 fully saturated rings. The van der Waals surface area contributed by atoms with Gasteiger partial charge >= 0.3 is 0 Å². The normalized spacial score (nSPS) is 21.4. The summed E-state index contributed by atoms with van der Waals surface area (Å²) in [5.74, 6) is -1.37. The van der Waals surface area contributed by atoms with E-state index in [4.69, 9.17) is 0 Å². The Morgan fingerprint density at radius 3 is 2.59 bits per heavy atom. The number of rotatable bonds is 5. The first-order valence-electron chi connectivity index (χ1n) is 9.93. The second-order valence-corrected chi connectivity index (χ2v) is 10.2. The van der Waals surface area contributed by atoms with Crippen molar-refractivity contribution in [3.63, 3.8) is 0 Å². The molecule has 2 atom stereocenters. The van der Waals surface area contributed by atoms with Crippen LogP contribution in [0.5, 0.6) is 0 Å². The zero-order valence-electron chi connectivity index (χ0n) is 16.7. The van der Waals surface area contributed by atoms with Crippen LogP contribution in [0.2, 0.25) is 0 Å². The van der Waals surface area contributed by atoms with Gasteiger partial charge in [0.25, 0.3) is 0 Å². The topological polar surface area (TPSA) is 71.5 Å². The van der Waals surface area contributed by atoms with E-state index < -0.39 is 15.8 Å². The standard InChI is InChI=1S/C23H25NO4S/c1-24-14-19(17-11-10-15-7-5-8-16(15)12-17)22(23(24)26)20(25)13-18-6-3-4-9-21(18)29(2,27)28/h3-4,6,9-12,19,22H,5,7-8,13-14H2,1-2H3/t19-,22+/m1/s1. The Hall–Kier alpha value is -2.47. The third-order valence-electron chi connectivity index (χ3n) is 6.15. The molecule has 1 aliphatic heterocycles. The van der Waals surface area contributed by atoms with Gasteiger partial charge in [-0.1, -0.05) is 36.4 Å². The first-order valence-corrected chi connectivity index (χ1v) is 11.8. The lowest BCUT2D eigenvalue weighted by Gasteiger charge is -2.18. The van der Waals surface area contributed by atoms with Gasteiger partial charge < -0.3 is 4.90 Å². The molecule has 1 heterocycles. The molecule has 2 aromatic carbocycles. The van der Waals surface area contributed by atoms with E-state index >= 15 is 0 Å². The Balaban J connectivity index is 1.65. The van der Waals surface area contributed by atoms with Gasteiger partial charge in [-0.25, -0.2) is 8.42 Å². The summed E-state index contributed by atoms with van der Waals surface area (Å²) in [6.45, 7) is 0.502. The van der Waals surface area contributed by atoms with Crippen LogP contribution in [0.15, 0.2) is 47.4 Å². The van der Waals surface area contributed by atoms with Crippen LogP contribution in [-0.2, 0) is 38.7 Å². The van der Waals surface area contributed by atoms with Gasteiger partial charge in [0.1, 0.15) is 11.7 Å². The summed E-state index contributed by atoms with van der Waals surface area (Å²) < 4.78 is 24.2. The van der Waals surface area contributed by atoms with Gasteiger partial charge in [0.05, 0.1) is 4.90 Å². The number of hydrogen-bond acceptors (Lipinski definition) is 4. The number of ketones is 1. The van der Waals surface area contributed by atoms with Crippen LogP contribution in [0, 0.1) is 5.92 Å². The summed E-state index contributed by atoms with van der Waals surface area (Å²) in [5.41, 5.74) is 4.16. The molecule has 2 aromatic rings. The lowest BCUT2D eigenvalue weighted by molar-refractivity contribution is -0.136. The third-order valence-corrected chi connectivity index (χ3v) is 7.35. The number of nitrogens with zero attached hydrogens (tertiary/aromatic N) is 1. The van der Waals surface area contributed by atoms with Crippen molar-refractivity contribution in [3.05, 3.63) is 64.7 Å². The maximum atomic E-state index is 13.2. The van der Waals surface area contributed by atoms with E-state index in [-0.39, 0.29) is 28.9 Å². The number of carbonyl (C=O) groups excluding carboxylic acids is 2. The maximum Gasteiger partial charge on any atom is 0.233 e. The number of sulfone groups is 1. The molecule has 0 N–H and O–H groups in total. The number of carbonyl (C=O) groups is 2. The maximum absolute atomic E-state index is 13.2. The molecule has 0 aromatic heterocycles. The highest BCUT2D eigenvalue weighted by Gasteiger charge is 2.44. The quantitative estimate of drug-likeness (QED) is 0.709. The Labute approximate surface area is 171 Å². The lowest BCUT2D eigenvalue weighted by atomic mass is 9.83. The van der Waals surface area contributed by atoms with E-state index in [1.54, 1.807) is 30.1 Å². The number of benzene rings is 2. The zero-order chi connectivity index (χ0) is 20.8. The van der Waals surface area contributed by atoms with Crippen molar-refractivity contribution >= 4 is 21.5 Å². The number of likely N-dealkylation sites (N-methyl/N-ethyl adjacent to an activating group) is 1. The van der Waals surface area contributed by atoms with E-state index in [2.05, 4.69) is 12.1 Å². The highest BCUT2D eigenvalue weighted by molar-refractivity contribution is 7.90. The average Bonchev–Trinajstić information content (AvgIpc) is 3.25. The van der Waals surface area contributed by atoms with Gasteiger partial charge in [-0.2, -0.15) is 0 Å². The summed E-state index contributed by atoms with van der Waals surface area (Å²) >= 11 is 0. The molecular weight excluding hydrogens is 386 g/mol. The summed E-state index contributed by atoms with van der Waals surface area (Å²) in [6.07, 6.45) is 4.35. The van der Waals surface area contributed by atoms with Crippen LogP contribution >= 0.6 is 0 Å². The van der Waals surface area contributed by atoms with Gasteiger partial charge in [0.2, 0.25) is 5.91 Å². The van der Waals surface area contributed by atoms with Crippen molar-refractivity contribution < 1.29 is 18.0 Å². The number of Topliss-reactive ketones (excluding diaryl/α,β-unsaturated/α-hetero) is 1. The first-order chi connectivity index (χ1) is 13.8. The highest BCUT2D eigenvalue weighted by Crippen LogP contribution is 2.36. The van der Waals surface area contributed by atoms with Crippen molar-refractivity contribution in [2.75, 3.05) is 19.8 Å². The monoisotopic (exact) mass is 411 g/mol. The van der Waals surface area contributed by atoms with Gasteiger partial charge in [0, 0.05) is 32.2 Å². The first kappa shape index (κ1) is 19.8. The molecule has 1 saturated heterocycles. The molecule has 0 bridgehead atoms. The van der Waals surface area contributed by atoms with E-state index in [1.165, 1.54) is 17.2 Å². The fourth-order valence-electron chi connectivity index (χ4n) is 4.69. The van der Waals surface area contributed by atoms with Crippen LogP contribution in [0.1, 0.15) is 34.6 Å². The van der Waals surface area contributed by atoms with Gasteiger partial charge in [-0.3, -0.25) is 9.59 Å². The fraction of sp³-hybridized carbons (Fsp3) is 0.391. The minimum Gasteiger partial charge on any atom is -0.344 e. The number of hydrogen-bond donors (Lipinski definition) is 0. The van der Waals surface area contributed by atoms with Crippen LogP contribution in [0.3, 0.4) is 0 Å². The number of likely N-dealkylation sites (tertiary alicyclic amines) is 1. The predicted octanol–water partition coefficient (Wildman–Crippen LogP) is 2.56. The molecule has 152 valence electrons. The molecule has 0 spiro atoms. The molecule has 2 aliphatic rings. The van der Waals surface area contributed by atoms with E-state index in [9.17, 15) is 18.0 Å². The number of fused-ring (bicyclic) bond motifs is 1. The molecule has 1 aliphatic carbocycles. The lowest BCUT2D eigenvalue weighted by Crippen LogP contribution is -2.29. The van der Waals surface area contributed by atoms with Crippen LogP contribution in [-0.4, -0.2) is 44.9 Å².